The normalized spacial score (nSPS) is 53.4. The van der Waals surface area contributed by atoms with Crippen molar-refractivity contribution in [2.24, 2.45) is 34.5 Å². The predicted molar refractivity (Wildman–Crippen MR) is 107 cm³/mol. The number of hydrogen-bond acceptors (Lipinski definition) is 2. The first-order chi connectivity index (χ1) is 12.4. The highest BCUT2D eigenvalue weighted by Gasteiger charge is 2.58. The molecule has 0 spiro atoms. The van der Waals surface area contributed by atoms with Gasteiger partial charge in [-0.1, -0.05) is 44.1 Å². The molecule has 26 heavy (non-hydrogen) atoms. The molecule has 2 nitrogen and oxygen atoms in total. The molecule has 5 aliphatic rings. The maximum atomic E-state index is 10.2. The van der Waals surface area contributed by atoms with E-state index in [4.69, 9.17) is 0 Å². The Labute approximate surface area is 159 Å². The number of nitrogens with one attached hydrogen (secondary N) is 1. The van der Waals surface area contributed by atoms with Crippen molar-refractivity contribution in [3.63, 3.8) is 0 Å². The summed E-state index contributed by atoms with van der Waals surface area (Å²) in [6, 6.07) is 0.659. The van der Waals surface area contributed by atoms with E-state index in [0.29, 0.717) is 22.8 Å². The fourth-order valence-corrected chi connectivity index (χ4v) is 8.09. The van der Waals surface area contributed by atoms with E-state index in [9.17, 15) is 5.11 Å². The summed E-state index contributed by atoms with van der Waals surface area (Å²) in [6.07, 6.45) is 15.0. The zero-order valence-corrected chi connectivity index (χ0v) is 16.9. The van der Waals surface area contributed by atoms with Crippen LogP contribution in [0.4, 0.5) is 0 Å². The lowest BCUT2D eigenvalue weighted by Crippen LogP contribution is -2.53. The molecular weight excluding hydrogens is 318 g/mol. The molecule has 0 aromatic heterocycles. The van der Waals surface area contributed by atoms with Gasteiger partial charge in [-0.05, 0) is 92.4 Å². The van der Waals surface area contributed by atoms with E-state index in [1.54, 1.807) is 11.1 Å². The van der Waals surface area contributed by atoms with Crippen LogP contribution < -0.4 is 5.32 Å². The van der Waals surface area contributed by atoms with Crippen LogP contribution in [0.15, 0.2) is 23.3 Å². The molecule has 0 aromatic rings. The number of rotatable bonds is 1. The van der Waals surface area contributed by atoms with Gasteiger partial charge in [-0.2, -0.15) is 0 Å². The Balaban J connectivity index is 1.48. The lowest BCUT2D eigenvalue weighted by molar-refractivity contribution is -0.0491. The Morgan fingerprint density at radius 1 is 1.08 bits per heavy atom. The van der Waals surface area contributed by atoms with E-state index >= 15 is 0 Å². The Morgan fingerprint density at radius 3 is 2.65 bits per heavy atom. The van der Waals surface area contributed by atoms with Crippen molar-refractivity contribution in [2.75, 3.05) is 6.54 Å². The van der Waals surface area contributed by atoms with Gasteiger partial charge in [0.1, 0.15) is 0 Å². The van der Waals surface area contributed by atoms with Gasteiger partial charge in [-0.15, -0.1) is 0 Å². The van der Waals surface area contributed by atoms with Crippen molar-refractivity contribution in [3.05, 3.63) is 23.3 Å². The third-order valence-corrected chi connectivity index (χ3v) is 9.48. The van der Waals surface area contributed by atoms with E-state index in [1.807, 2.05) is 0 Å². The Kier molecular flexibility index (Phi) is 4.00. The summed E-state index contributed by atoms with van der Waals surface area (Å²) in [7, 11) is 0. The topological polar surface area (TPSA) is 32.3 Å². The maximum Gasteiger partial charge on any atom is 0.0577 e. The summed E-state index contributed by atoms with van der Waals surface area (Å²) in [5, 5.41) is 14.0. The molecule has 2 N–H and O–H groups in total. The maximum absolute atomic E-state index is 10.2. The Morgan fingerprint density at radius 2 is 1.88 bits per heavy atom. The highest BCUT2D eigenvalue weighted by molar-refractivity contribution is 5.33. The summed E-state index contributed by atoms with van der Waals surface area (Å²) in [5.74, 6) is 3.15. The first kappa shape index (κ1) is 17.5. The molecule has 8 atom stereocenters. The van der Waals surface area contributed by atoms with E-state index in [1.165, 1.54) is 45.1 Å². The van der Waals surface area contributed by atoms with Crippen LogP contribution in [0.25, 0.3) is 0 Å². The van der Waals surface area contributed by atoms with Crippen LogP contribution in [0, 0.1) is 34.5 Å². The molecule has 144 valence electrons. The average Bonchev–Trinajstić information content (AvgIpc) is 3.23. The van der Waals surface area contributed by atoms with E-state index in [0.717, 1.165) is 30.6 Å². The molecule has 2 unspecified atom stereocenters. The van der Waals surface area contributed by atoms with Crippen molar-refractivity contribution in [1.29, 1.82) is 0 Å². The number of fused-ring (bicyclic) bond motifs is 5. The average molecular weight is 356 g/mol. The summed E-state index contributed by atoms with van der Waals surface area (Å²) in [6.45, 7) is 8.82. The second-order valence-corrected chi connectivity index (χ2v) is 10.7. The van der Waals surface area contributed by atoms with E-state index in [-0.39, 0.29) is 6.10 Å². The SMILES string of the molecule is CC1C=C2C[C@@H](O)CC[C@]2(C)[C@H]2CC[C@]3(C)C(C4CCCN4)=CC[C@H]3[C@H]12. The molecule has 4 aliphatic carbocycles. The summed E-state index contributed by atoms with van der Waals surface area (Å²) < 4.78 is 0. The van der Waals surface area contributed by atoms with E-state index in [2.05, 4.69) is 38.2 Å². The van der Waals surface area contributed by atoms with Gasteiger partial charge in [0.15, 0.2) is 0 Å². The third kappa shape index (κ3) is 2.30. The molecule has 2 heteroatoms. The van der Waals surface area contributed by atoms with Gasteiger partial charge >= 0.3 is 0 Å². The predicted octanol–water partition coefficient (Wildman–Crippen LogP) is 4.84. The van der Waals surface area contributed by atoms with Crippen molar-refractivity contribution >= 4 is 0 Å². The van der Waals surface area contributed by atoms with Crippen LogP contribution in [-0.4, -0.2) is 23.8 Å². The number of aliphatic hydroxyl groups is 1. The van der Waals surface area contributed by atoms with Gasteiger partial charge in [0.25, 0.3) is 0 Å². The second kappa shape index (κ2) is 5.95. The molecule has 1 saturated heterocycles. The first-order valence-electron chi connectivity index (χ1n) is 11.3. The smallest absolute Gasteiger partial charge is 0.0577 e. The summed E-state index contributed by atoms with van der Waals surface area (Å²) in [5.41, 5.74) is 4.14. The summed E-state index contributed by atoms with van der Waals surface area (Å²) in [4.78, 5) is 0. The Hall–Kier alpha value is -0.600. The molecule has 0 bridgehead atoms. The van der Waals surface area contributed by atoms with Crippen LogP contribution in [-0.2, 0) is 0 Å². The zero-order valence-electron chi connectivity index (χ0n) is 16.9. The van der Waals surface area contributed by atoms with Crippen molar-refractivity contribution in [3.8, 4) is 0 Å². The molecular formula is C24H37NO. The fourth-order valence-electron chi connectivity index (χ4n) is 8.09. The quantitative estimate of drug-likeness (QED) is 0.659. The van der Waals surface area contributed by atoms with Crippen LogP contribution in [0.5, 0.6) is 0 Å². The van der Waals surface area contributed by atoms with Crippen molar-refractivity contribution < 1.29 is 5.11 Å². The molecule has 5 rings (SSSR count). The summed E-state index contributed by atoms with van der Waals surface area (Å²) >= 11 is 0. The number of hydrogen-bond donors (Lipinski definition) is 2. The highest BCUT2D eigenvalue weighted by atomic mass is 16.3. The monoisotopic (exact) mass is 355 g/mol. The van der Waals surface area contributed by atoms with Gasteiger partial charge in [0, 0.05) is 6.04 Å². The molecule has 2 saturated carbocycles. The van der Waals surface area contributed by atoms with Crippen LogP contribution in [0.1, 0.15) is 72.1 Å². The van der Waals surface area contributed by atoms with Gasteiger partial charge in [0.2, 0.25) is 0 Å². The van der Waals surface area contributed by atoms with Crippen molar-refractivity contribution in [1.82, 2.24) is 5.32 Å². The van der Waals surface area contributed by atoms with Gasteiger partial charge < -0.3 is 10.4 Å². The van der Waals surface area contributed by atoms with Crippen LogP contribution >= 0.6 is 0 Å². The molecule has 0 radical (unpaired) electrons. The number of allylic oxidation sites excluding steroid dienone is 2. The highest BCUT2D eigenvalue weighted by Crippen LogP contribution is 2.66. The molecule has 1 aliphatic heterocycles. The Bertz CT molecular complexity index is 645. The minimum absolute atomic E-state index is 0.0971. The largest absolute Gasteiger partial charge is 0.393 e. The standard InChI is InChI=1S/C24H37NO/c1-15-13-16-14-17(26)8-10-23(16,2)20-9-11-24(3)18(21-5-4-12-25-21)6-7-19(24)22(15)20/h6,13,15,17,19-22,25-26H,4-5,7-12,14H2,1-3H3/t15?,17-,19-,20-,21?,22-,23-,24+/m0/s1. The molecule has 3 fully saturated rings. The molecule has 1 heterocycles. The second-order valence-electron chi connectivity index (χ2n) is 10.7. The minimum Gasteiger partial charge on any atom is -0.393 e. The van der Waals surface area contributed by atoms with Gasteiger partial charge in [-0.3, -0.25) is 0 Å². The van der Waals surface area contributed by atoms with Crippen LogP contribution in [0.2, 0.25) is 0 Å². The lowest BCUT2D eigenvalue weighted by Gasteiger charge is -2.59. The van der Waals surface area contributed by atoms with Crippen LogP contribution in [0.3, 0.4) is 0 Å². The fraction of sp³-hybridized carbons (Fsp3) is 0.833. The number of aliphatic hydroxyl groups excluding tert-OH is 1. The molecule has 0 aromatic carbocycles. The molecule has 0 amide bonds. The lowest BCUT2D eigenvalue weighted by atomic mass is 9.45. The first-order valence-corrected chi connectivity index (χ1v) is 11.3. The van der Waals surface area contributed by atoms with Crippen molar-refractivity contribution in [2.45, 2.75) is 84.3 Å². The van der Waals surface area contributed by atoms with Gasteiger partial charge in [-0.25, -0.2) is 0 Å². The third-order valence-electron chi connectivity index (χ3n) is 9.48. The minimum atomic E-state index is -0.0971. The van der Waals surface area contributed by atoms with Gasteiger partial charge in [0.05, 0.1) is 6.10 Å². The zero-order chi connectivity index (χ0) is 18.1. The van der Waals surface area contributed by atoms with E-state index < -0.39 is 0 Å².